The Labute approximate surface area is 110 Å². The van der Waals surface area contributed by atoms with Crippen LogP contribution in [0.2, 0.25) is 0 Å². The number of aromatic nitrogens is 1. The third kappa shape index (κ3) is 4.13. The summed E-state index contributed by atoms with van der Waals surface area (Å²) >= 11 is 2.16. The van der Waals surface area contributed by atoms with Gasteiger partial charge in [0.15, 0.2) is 0 Å². The number of nitrogens with one attached hydrogen (secondary N) is 2. The van der Waals surface area contributed by atoms with Crippen molar-refractivity contribution in [1.82, 2.24) is 10.3 Å². The van der Waals surface area contributed by atoms with Gasteiger partial charge >= 0.3 is 0 Å². The van der Waals surface area contributed by atoms with Gasteiger partial charge in [-0.05, 0) is 35.1 Å². The normalized spacial score (nSPS) is 12.4. The molecular weight excluding hydrogens is 317 g/mol. The highest BCUT2D eigenvalue weighted by Crippen LogP contribution is 2.07. The Kier molecular flexibility index (Phi) is 5.83. The molecule has 1 atom stereocenters. The molecule has 1 unspecified atom stereocenters. The van der Waals surface area contributed by atoms with Crippen LogP contribution in [0.15, 0.2) is 12.3 Å². The maximum Gasteiger partial charge on any atom is 0.267 e. The van der Waals surface area contributed by atoms with Crippen LogP contribution in [-0.4, -0.2) is 23.5 Å². The fraction of sp³-hybridized carbons (Fsp3) is 0.545. The fourth-order valence-electron chi connectivity index (χ4n) is 1.46. The first kappa shape index (κ1) is 13.5. The van der Waals surface area contributed by atoms with Gasteiger partial charge in [-0.2, -0.15) is 0 Å². The molecule has 1 aromatic rings. The van der Waals surface area contributed by atoms with E-state index >= 15 is 0 Å². The van der Waals surface area contributed by atoms with E-state index in [0.29, 0.717) is 12.2 Å². The van der Waals surface area contributed by atoms with E-state index in [1.54, 1.807) is 6.20 Å². The molecule has 0 aliphatic carbocycles. The highest BCUT2D eigenvalue weighted by atomic mass is 127. The molecule has 0 fully saturated rings. The summed E-state index contributed by atoms with van der Waals surface area (Å²) in [6.45, 7) is 2.62. The molecule has 1 amide bonds. The van der Waals surface area contributed by atoms with Crippen LogP contribution in [0, 0.1) is 3.57 Å². The monoisotopic (exact) mass is 335 g/mol. The van der Waals surface area contributed by atoms with Crippen LogP contribution in [0.1, 0.15) is 36.7 Å². The van der Waals surface area contributed by atoms with Crippen LogP contribution in [0.4, 0.5) is 0 Å². The number of carbonyl (C=O) groups excluding carboxylic acids is 1. The van der Waals surface area contributed by atoms with Crippen LogP contribution in [0.3, 0.4) is 0 Å². The molecule has 1 rings (SSSR count). The van der Waals surface area contributed by atoms with Gasteiger partial charge in [-0.3, -0.25) is 4.79 Å². The van der Waals surface area contributed by atoms with Crippen molar-refractivity contribution >= 4 is 28.5 Å². The summed E-state index contributed by atoms with van der Waals surface area (Å²) < 4.78 is 1.03. The van der Waals surface area contributed by atoms with Gasteiger partial charge in [0, 0.05) is 22.4 Å². The minimum absolute atomic E-state index is 0.0746. The molecule has 0 bridgehead atoms. The predicted molar refractivity (Wildman–Crippen MR) is 73.3 cm³/mol. The molecule has 0 aliphatic heterocycles. The molecule has 1 heterocycles. The third-order valence-corrected chi connectivity index (χ3v) is 3.04. The number of carbonyl (C=O) groups is 1. The number of unbranched alkanes of at least 4 members (excludes halogenated alkanes) is 1. The fourth-order valence-corrected chi connectivity index (χ4v) is 1.93. The van der Waals surface area contributed by atoms with Crippen molar-refractivity contribution < 1.29 is 4.79 Å². The molecule has 0 radical (unpaired) electrons. The van der Waals surface area contributed by atoms with Crippen molar-refractivity contribution in [2.24, 2.45) is 5.73 Å². The molecule has 0 spiro atoms. The van der Waals surface area contributed by atoms with Gasteiger partial charge in [-0.25, -0.2) is 0 Å². The first-order chi connectivity index (χ1) is 7.67. The van der Waals surface area contributed by atoms with Gasteiger partial charge in [0.2, 0.25) is 0 Å². The van der Waals surface area contributed by atoms with Crippen molar-refractivity contribution in [1.29, 1.82) is 0 Å². The largest absolute Gasteiger partial charge is 0.356 e. The summed E-state index contributed by atoms with van der Waals surface area (Å²) in [4.78, 5) is 14.7. The number of amides is 1. The van der Waals surface area contributed by atoms with Crippen molar-refractivity contribution in [3.63, 3.8) is 0 Å². The van der Waals surface area contributed by atoms with E-state index in [2.05, 4.69) is 39.8 Å². The molecule has 4 nitrogen and oxygen atoms in total. The molecular formula is C11H18IN3O. The molecule has 0 saturated carbocycles. The van der Waals surface area contributed by atoms with Crippen LogP contribution in [0.25, 0.3) is 0 Å². The molecule has 16 heavy (non-hydrogen) atoms. The van der Waals surface area contributed by atoms with Gasteiger partial charge in [0.05, 0.1) is 0 Å². The average Bonchev–Trinajstić information content (AvgIpc) is 2.70. The Balaban J connectivity index is 2.48. The topological polar surface area (TPSA) is 70.9 Å². The third-order valence-electron chi connectivity index (χ3n) is 2.42. The van der Waals surface area contributed by atoms with Crippen LogP contribution in [0.5, 0.6) is 0 Å². The van der Waals surface area contributed by atoms with Crippen LogP contribution >= 0.6 is 22.6 Å². The highest BCUT2D eigenvalue weighted by molar-refractivity contribution is 14.1. The zero-order valence-electron chi connectivity index (χ0n) is 9.42. The second-order valence-electron chi connectivity index (χ2n) is 3.78. The van der Waals surface area contributed by atoms with Gasteiger partial charge in [0.25, 0.3) is 5.91 Å². The summed E-state index contributed by atoms with van der Waals surface area (Å²) in [5.41, 5.74) is 6.22. The Morgan fingerprint density at radius 1 is 1.69 bits per heavy atom. The first-order valence-electron chi connectivity index (χ1n) is 5.52. The minimum Gasteiger partial charge on any atom is -0.356 e. The number of rotatable bonds is 6. The SMILES string of the molecule is CCCCC(CN)NC(=O)c1cc(I)c[nH]1. The first-order valence-corrected chi connectivity index (χ1v) is 6.60. The lowest BCUT2D eigenvalue weighted by molar-refractivity contribution is 0.0931. The quantitative estimate of drug-likeness (QED) is 0.695. The number of hydrogen-bond donors (Lipinski definition) is 3. The molecule has 0 aliphatic rings. The van der Waals surface area contributed by atoms with E-state index in [1.165, 1.54) is 0 Å². The number of hydrogen-bond acceptors (Lipinski definition) is 2. The lowest BCUT2D eigenvalue weighted by atomic mass is 10.1. The van der Waals surface area contributed by atoms with Crippen LogP contribution in [-0.2, 0) is 0 Å². The van der Waals surface area contributed by atoms with Crippen molar-refractivity contribution in [3.8, 4) is 0 Å². The van der Waals surface area contributed by atoms with E-state index in [9.17, 15) is 4.79 Å². The van der Waals surface area contributed by atoms with E-state index < -0.39 is 0 Å². The average molecular weight is 335 g/mol. The Hall–Kier alpha value is -0.560. The molecule has 4 N–H and O–H groups in total. The van der Waals surface area contributed by atoms with Crippen LogP contribution < -0.4 is 11.1 Å². The number of nitrogens with two attached hydrogens (primary N) is 1. The summed E-state index contributed by atoms with van der Waals surface area (Å²) in [5.74, 6) is -0.0746. The van der Waals surface area contributed by atoms with Crippen molar-refractivity contribution in [3.05, 3.63) is 21.5 Å². The Morgan fingerprint density at radius 3 is 2.94 bits per heavy atom. The van der Waals surface area contributed by atoms with E-state index in [4.69, 9.17) is 5.73 Å². The molecule has 0 saturated heterocycles. The maximum absolute atomic E-state index is 11.8. The number of halogens is 1. The number of H-pyrrole nitrogens is 1. The maximum atomic E-state index is 11.8. The standard InChI is InChI=1S/C11H18IN3O/c1-2-3-4-9(6-13)15-11(16)10-5-8(12)7-14-10/h5,7,9,14H,2-4,6,13H2,1H3,(H,15,16). The molecule has 0 aromatic carbocycles. The predicted octanol–water partition coefficient (Wildman–Crippen LogP) is 1.87. The summed E-state index contributed by atoms with van der Waals surface area (Å²) in [7, 11) is 0. The lowest BCUT2D eigenvalue weighted by Crippen LogP contribution is -2.40. The van der Waals surface area contributed by atoms with Gasteiger partial charge < -0.3 is 16.0 Å². The van der Waals surface area contributed by atoms with E-state index in [-0.39, 0.29) is 11.9 Å². The second kappa shape index (κ2) is 6.90. The highest BCUT2D eigenvalue weighted by Gasteiger charge is 2.13. The van der Waals surface area contributed by atoms with Gasteiger partial charge in [-0.15, -0.1) is 0 Å². The van der Waals surface area contributed by atoms with Crippen molar-refractivity contribution in [2.75, 3.05) is 6.54 Å². The van der Waals surface area contributed by atoms with Crippen molar-refractivity contribution in [2.45, 2.75) is 32.2 Å². The summed E-state index contributed by atoms with van der Waals surface area (Å²) in [6.07, 6.45) is 4.95. The lowest BCUT2D eigenvalue weighted by Gasteiger charge is -2.15. The van der Waals surface area contributed by atoms with Gasteiger partial charge in [0.1, 0.15) is 5.69 Å². The Bertz CT molecular complexity index is 338. The second-order valence-corrected chi connectivity index (χ2v) is 5.03. The molecule has 90 valence electrons. The van der Waals surface area contributed by atoms with E-state index in [0.717, 1.165) is 22.8 Å². The summed E-state index contributed by atoms with van der Waals surface area (Å²) in [6, 6.07) is 1.90. The zero-order valence-corrected chi connectivity index (χ0v) is 11.6. The van der Waals surface area contributed by atoms with Gasteiger partial charge in [-0.1, -0.05) is 19.8 Å². The molecule has 1 aromatic heterocycles. The molecule has 5 heteroatoms. The smallest absolute Gasteiger partial charge is 0.267 e. The van der Waals surface area contributed by atoms with E-state index in [1.807, 2.05) is 6.07 Å². The zero-order chi connectivity index (χ0) is 12.0. The number of aromatic amines is 1. The summed E-state index contributed by atoms with van der Waals surface area (Å²) in [5, 5.41) is 2.93. The Morgan fingerprint density at radius 2 is 2.44 bits per heavy atom. The minimum atomic E-state index is -0.0746.